The van der Waals surface area contributed by atoms with E-state index >= 15 is 0 Å². The molecular weight excluding hydrogens is 482 g/mol. The summed E-state index contributed by atoms with van der Waals surface area (Å²) < 4.78 is 21.3. The van der Waals surface area contributed by atoms with Gasteiger partial charge in [0.05, 0.1) is 20.8 Å². The third-order valence-electron chi connectivity index (χ3n) is 6.76. The molecule has 0 saturated heterocycles. The first-order valence-electron chi connectivity index (χ1n) is 11.8. The van der Waals surface area contributed by atoms with Crippen molar-refractivity contribution in [1.29, 1.82) is 0 Å². The monoisotopic (exact) mass is 511 g/mol. The van der Waals surface area contributed by atoms with Crippen molar-refractivity contribution in [3.05, 3.63) is 69.9 Å². The van der Waals surface area contributed by atoms with Gasteiger partial charge in [0, 0.05) is 41.5 Å². The number of benzene rings is 2. The zero-order chi connectivity index (χ0) is 25.8. The number of nitrogens with zero attached hydrogens (tertiary/aromatic N) is 1. The van der Waals surface area contributed by atoms with E-state index in [0.717, 1.165) is 11.1 Å². The van der Waals surface area contributed by atoms with Gasteiger partial charge in [0.1, 0.15) is 12.5 Å². The molecule has 36 heavy (non-hydrogen) atoms. The Morgan fingerprint density at radius 2 is 1.78 bits per heavy atom. The maximum atomic E-state index is 13.7. The average Bonchev–Trinajstić information content (AvgIpc) is 2.87. The molecule has 0 amide bonds. The molecule has 190 valence electrons. The van der Waals surface area contributed by atoms with Gasteiger partial charge in [0.25, 0.3) is 0 Å². The van der Waals surface area contributed by atoms with E-state index < -0.39 is 17.8 Å². The van der Waals surface area contributed by atoms with Crippen LogP contribution in [0, 0.1) is 5.92 Å². The molecule has 0 N–H and O–H groups in total. The number of esters is 1. The van der Waals surface area contributed by atoms with Crippen molar-refractivity contribution in [2.24, 2.45) is 10.9 Å². The molecule has 2 aromatic carbocycles. The molecule has 0 saturated carbocycles. The first kappa shape index (κ1) is 25.9. The van der Waals surface area contributed by atoms with Crippen LogP contribution in [0.4, 0.5) is 0 Å². The summed E-state index contributed by atoms with van der Waals surface area (Å²) in [5, 5.41) is 0.535. The van der Waals surface area contributed by atoms with E-state index in [2.05, 4.69) is 0 Å². The van der Waals surface area contributed by atoms with Crippen molar-refractivity contribution in [2.45, 2.75) is 31.6 Å². The van der Waals surface area contributed by atoms with E-state index in [1.54, 1.807) is 33.5 Å². The van der Waals surface area contributed by atoms with Crippen LogP contribution >= 0.6 is 11.6 Å². The summed E-state index contributed by atoms with van der Waals surface area (Å²) in [7, 11) is 4.72. The lowest BCUT2D eigenvalue weighted by molar-refractivity contribution is -0.147. The topological polar surface area (TPSA) is 83.4 Å². The predicted octanol–water partition coefficient (Wildman–Crippen LogP) is 5.12. The quantitative estimate of drug-likeness (QED) is 0.361. The molecule has 0 radical (unpaired) electrons. The van der Waals surface area contributed by atoms with Gasteiger partial charge in [-0.15, -0.1) is 0 Å². The molecule has 0 spiro atoms. The third kappa shape index (κ3) is 5.18. The van der Waals surface area contributed by atoms with Crippen molar-refractivity contribution in [2.75, 3.05) is 34.5 Å². The summed E-state index contributed by atoms with van der Waals surface area (Å²) >= 11 is 6.31. The van der Waals surface area contributed by atoms with E-state index in [1.165, 1.54) is 0 Å². The summed E-state index contributed by atoms with van der Waals surface area (Å²) in [6, 6.07) is 13.0. The summed E-state index contributed by atoms with van der Waals surface area (Å²) in [4.78, 5) is 31.7. The van der Waals surface area contributed by atoms with Crippen LogP contribution in [-0.2, 0) is 19.1 Å². The lowest BCUT2D eigenvalue weighted by Crippen LogP contribution is -2.38. The second-order valence-electron chi connectivity index (χ2n) is 8.93. The molecule has 0 fully saturated rings. The van der Waals surface area contributed by atoms with Crippen LogP contribution in [-0.4, -0.2) is 52.0 Å². The van der Waals surface area contributed by atoms with Crippen LogP contribution in [0.5, 0.6) is 11.5 Å². The first-order valence-corrected chi connectivity index (χ1v) is 12.2. The minimum Gasteiger partial charge on any atom is -0.493 e. The molecule has 3 atom stereocenters. The Kier molecular flexibility index (Phi) is 8.11. The highest BCUT2D eigenvalue weighted by Crippen LogP contribution is 2.47. The number of carbonyl (C=O) groups excluding carboxylic acids is 2. The minimum absolute atomic E-state index is 0.0352. The van der Waals surface area contributed by atoms with Crippen molar-refractivity contribution in [1.82, 2.24) is 0 Å². The number of rotatable bonds is 8. The fraction of sp³-hybridized carbons (Fsp3) is 0.393. The minimum atomic E-state index is -0.722. The van der Waals surface area contributed by atoms with Crippen molar-refractivity contribution in [3.8, 4) is 11.5 Å². The highest BCUT2D eigenvalue weighted by Gasteiger charge is 2.44. The van der Waals surface area contributed by atoms with Gasteiger partial charge in [0.15, 0.2) is 17.3 Å². The molecule has 0 aromatic heterocycles. The Labute approximate surface area is 216 Å². The molecule has 1 aliphatic heterocycles. The first-order chi connectivity index (χ1) is 17.4. The van der Waals surface area contributed by atoms with E-state index in [4.69, 9.17) is 35.5 Å². The number of carbonyl (C=O) groups is 2. The van der Waals surface area contributed by atoms with Crippen LogP contribution < -0.4 is 9.47 Å². The molecule has 1 aliphatic carbocycles. The van der Waals surface area contributed by atoms with Crippen molar-refractivity contribution in [3.63, 3.8) is 0 Å². The van der Waals surface area contributed by atoms with Crippen LogP contribution in [0.2, 0.25) is 5.02 Å². The van der Waals surface area contributed by atoms with Gasteiger partial charge in [0.2, 0.25) is 0 Å². The van der Waals surface area contributed by atoms with Crippen LogP contribution in [0.3, 0.4) is 0 Å². The number of methoxy groups -OCH3 is 3. The van der Waals surface area contributed by atoms with E-state index in [9.17, 15) is 9.59 Å². The highest BCUT2D eigenvalue weighted by atomic mass is 35.5. The number of allylic oxidation sites excluding steroid dienone is 2. The Morgan fingerprint density at radius 3 is 2.47 bits per heavy atom. The number of ketones is 1. The molecule has 4 rings (SSSR count). The van der Waals surface area contributed by atoms with E-state index in [0.29, 0.717) is 46.3 Å². The molecular formula is C28H30ClNO6. The van der Waals surface area contributed by atoms with Crippen LogP contribution in [0.15, 0.2) is 58.7 Å². The fourth-order valence-electron chi connectivity index (χ4n) is 5.08. The maximum Gasteiger partial charge on any atom is 0.315 e. The molecule has 7 nitrogen and oxygen atoms in total. The molecule has 0 bridgehead atoms. The van der Waals surface area contributed by atoms with Crippen molar-refractivity contribution < 1.29 is 28.5 Å². The lowest BCUT2D eigenvalue weighted by atomic mass is 9.69. The molecule has 1 heterocycles. The molecule has 2 aromatic rings. The Hall–Kier alpha value is -3.16. The Bertz CT molecular complexity index is 1220. The van der Waals surface area contributed by atoms with Gasteiger partial charge >= 0.3 is 5.97 Å². The summed E-state index contributed by atoms with van der Waals surface area (Å²) in [5.74, 6) is -0.540. The van der Waals surface area contributed by atoms with E-state index in [-0.39, 0.29) is 24.9 Å². The molecule has 8 heteroatoms. The number of hydrogen-bond donors (Lipinski definition) is 0. The summed E-state index contributed by atoms with van der Waals surface area (Å²) in [6.45, 7) is 2.23. The number of ether oxygens (including phenoxy) is 4. The zero-order valence-electron chi connectivity index (χ0n) is 20.9. The molecule has 2 aliphatic rings. The van der Waals surface area contributed by atoms with Gasteiger partial charge in [-0.25, -0.2) is 0 Å². The second-order valence-corrected chi connectivity index (χ2v) is 9.36. The van der Waals surface area contributed by atoms with Gasteiger partial charge < -0.3 is 18.9 Å². The maximum absolute atomic E-state index is 13.7. The van der Waals surface area contributed by atoms with Crippen LogP contribution in [0.1, 0.15) is 42.7 Å². The smallest absolute Gasteiger partial charge is 0.315 e. The largest absolute Gasteiger partial charge is 0.493 e. The van der Waals surface area contributed by atoms with Gasteiger partial charge in [-0.1, -0.05) is 29.8 Å². The Morgan fingerprint density at radius 1 is 1.00 bits per heavy atom. The van der Waals surface area contributed by atoms with Gasteiger partial charge in [-0.05, 0) is 54.7 Å². The fourth-order valence-corrected chi connectivity index (χ4v) is 5.28. The summed E-state index contributed by atoms with van der Waals surface area (Å²) in [5.41, 5.74) is 3.64. The van der Waals surface area contributed by atoms with E-state index in [1.807, 2.05) is 37.3 Å². The van der Waals surface area contributed by atoms with Gasteiger partial charge in [-0.2, -0.15) is 0 Å². The SMILES string of the molecule is COCCOC(=O)C1C(C)=NC2=C(C(=O)C[C@H](c3ccc(OC)c(OC)c3)C2)[C@H]1c1cccc(Cl)c1. The second kappa shape index (κ2) is 11.3. The van der Waals surface area contributed by atoms with Crippen LogP contribution in [0.25, 0.3) is 0 Å². The standard InChI is InChI=1S/C28H30ClNO6/c1-16-25(28(32)36-11-10-33-2)26(18-6-5-7-20(29)12-18)27-21(30-16)13-19(14-22(27)31)17-8-9-23(34-3)24(15-17)35-4/h5-9,12,15,19,25-26H,10-11,13-14H2,1-4H3/t19-,25?,26+/m1/s1. The highest BCUT2D eigenvalue weighted by molar-refractivity contribution is 6.30. The number of halogens is 1. The lowest BCUT2D eigenvalue weighted by Gasteiger charge is -2.36. The number of aliphatic imine (C=N–C) groups is 1. The Balaban J connectivity index is 1.74. The summed E-state index contributed by atoms with van der Waals surface area (Å²) in [6.07, 6.45) is 0.863. The number of hydrogen-bond acceptors (Lipinski definition) is 7. The molecule has 1 unspecified atom stereocenters. The average molecular weight is 512 g/mol. The van der Waals surface area contributed by atoms with Gasteiger partial charge in [-0.3, -0.25) is 14.6 Å². The van der Waals surface area contributed by atoms with Crippen molar-refractivity contribution >= 4 is 29.1 Å². The normalized spacial score (nSPS) is 21.5. The predicted molar refractivity (Wildman–Crippen MR) is 137 cm³/mol. The zero-order valence-corrected chi connectivity index (χ0v) is 21.6. The number of Topliss-reactive ketones (excluding diaryl/α,β-unsaturated/α-hetero) is 1. The third-order valence-corrected chi connectivity index (χ3v) is 7.00.